The van der Waals surface area contributed by atoms with Crippen molar-refractivity contribution in [1.29, 1.82) is 0 Å². The fraction of sp³-hybridized carbons (Fsp3) is 0.455. The van der Waals surface area contributed by atoms with Crippen molar-refractivity contribution in [1.82, 2.24) is 0 Å². The molecule has 7 nitrogen and oxygen atoms in total. The molecule has 0 spiro atoms. The predicted octanol–water partition coefficient (Wildman–Crippen LogP) is 1.15. The van der Waals surface area contributed by atoms with E-state index in [0.29, 0.717) is 0 Å². The number of nitrogens with one attached hydrogen (secondary N) is 1. The van der Waals surface area contributed by atoms with Crippen LogP contribution in [0.1, 0.15) is 13.8 Å². The van der Waals surface area contributed by atoms with Crippen molar-refractivity contribution in [3.8, 4) is 0 Å². The van der Waals surface area contributed by atoms with Crippen LogP contribution in [0.15, 0.2) is 23.1 Å². The van der Waals surface area contributed by atoms with Gasteiger partial charge in [0.1, 0.15) is 4.90 Å². The molecule has 21 heavy (non-hydrogen) atoms. The summed E-state index contributed by atoms with van der Waals surface area (Å²) in [5.41, 5.74) is 0.150. The first kappa shape index (κ1) is 18.2. The Balaban J connectivity index is 2.82. The van der Waals surface area contributed by atoms with Gasteiger partial charge in [-0.15, -0.1) is 0 Å². The average Bonchev–Trinajstić information content (AvgIpc) is 2.25. The Kier molecular flexibility index (Phi) is 6.00. The molecule has 0 radical (unpaired) electrons. The second-order valence-electron chi connectivity index (χ2n) is 4.53. The topological polar surface area (TPSA) is 116 Å². The molecule has 0 amide bonds. The highest BCUT2D eigenvalue weighted by Crippen LogP contribution is 2.24. The highest BCUT2D eigenvalue weighted by Gasteiger charge is 2.16. The van der Waals surface area contributed by atoms with Gasteiger partial charge in [0.25, 0.3) is 0 Å². The summed E-state index contributed by atoms with van der Waals surface area (Å²) in [7, 11) is -7.56. The Hall–Kier alpha value is -0.870. The summed E-state index contributed by atoms with van der Waals surface area (Å²) in [5, 5.41) is 4.81. The van der Waals surface area contributed by atoms with Gasteiger partial charge in [0.05, 0.1) is 29.2 Å². The van der Waals surface area contributed by atoms with E-state index < -0.39 is 20.0 Å². The van der Waals surface area contributed by atoms with E-state index >= 15 is 0 Å². The summed E-state index contributed by atoms with van der Waals surface area (Å²) < 4.78 is 53.4. The van der Waals surface area contributed by atoms with Crippen LogP contribution in [-0.2, 0) is 24.8 Å². The van der Waals surface area contributed by atoms with Crippen LogP contribution in [-0.4, -0.2) is 35.3 Å². The molecule has 0 aliphatic heterocycles. The summed E-state index contributed by atoms with van der Waals surface area (Å²) in [6.07, 6.45) is -0.0660. The fourth-order valence-electron chi connectivity index (χ4n) is 1.42. The van der Waals surface area contributed by atoms with E-state index in [2.05, 4.69) is 4.72 Å². The molecule has 0 aliphatic rings. The maximum Gasteiger partial charge on any atom is 0.239 e. The van der Waals surface area contributed by atoms with Crippen molar-refractivity contribution in [2.75, 3.05) is 17.1 Å². The van der Waals surface area contributed by atoms with E-state index in [0.717, 1.165) is 6.07 Å². The SMILES string of the molecule is CC(C)OCCS(=O)(=O)Nc1ccc(S(N)(=O)=O)c(Cl)c1. The second kappa shape index (κ2) is 6.93. The van der Waals surface area contributed by atoms with Crippen LogP contribution in [0.4, 0.5) is 5.69 Å². The number of anilines is 1. The van der Waals surface area contributed by atoms with E-state index in [9.17, 15) is 16.8 Å². The molecule has 1 aromatic rings. The Labute approximate surface area is 129 Å². The lowest BCUT2D eigenvalue weighted by molar-refractivity contribution is 0.0913. The molecule has 0 heterocycles. The molecule has 0 aliphatic carbocycles. The third-order valence-corrected chi connectivity index (χ3v) is 4.96. The first-order valence-electron chi connectivity index (χ1n) is 5.96. The van der Waals surface area contributed by atoms with Crippen molar-refractivity contribution in [2.45, 2.75) is 24.8 Å². The maximum atomic E-state index is 11.8. The van der Waals surface area contributed by atoms with Gasteiger partial charge in [-0.05, 0) is 32.0 Å². The molecule has 1 rings (SSSR count). The standard InChI is InChI=1S/C11H17ClN2O5S2/c1-8(2)19-5-6-20(15,16)14-9-3-4-11(10(12)7-9)21(13,17)18/h3-4,7-8,14H,5-6H2,1-2H3,(H2,13,17,18). The monoisotopic (exact) mass is 356 g/mol. The van der Waals surface area contributed by atoms with Crippen molar-refractivity contribution < 1.29 is 21.6 Å². The number of nitrogens with two attached hydrogens (primary N) is 1. The molecular formula is C11H17ClN2O5S2. The number of ether oxygens (including phenoxy) is 1. The maximum absolute atomic E-state index is 11.8. The number of hydrogen-bond donors (Lipinski definition) is 2. The van der Waals surface area contributed by atoms with Gasteiger partial charge in [-0.2, -0.15) is 0 Å². The van der Waals surface area contributed by atoms with Crippen molar-refractivity contribution >= 4 is 37.3 Å². The quantitative estimate of drug-likeness (QED) is 0.760. The third-order valence-electron chi connectivity index (χ3n) is 2.32. The van der Waals surface area contributed by atoms with Gasteiger partial charge in [0.15, 0.2) is 0 Å². The minimum atomic E-state index is -3.95. The summed E-state index contributed by atoms with van der Waals surface area (Å²) >= 11 is 5.77. The molecule has 0 atom stereocenters. The number of halogens is 1. The molecule has 10 heteroatoms. The molecule has 0 saturated carbocycles. The van der Waals surface area contributed by atoms with E-state index in [1.807, 2.05) is 0 Å². The molecular weight excluding hydrogens is 340 g/mol. The van der Waals surface area contributed by atoms with E-state index in [1.165, 1.54) is 12.1 Å². The Morgan fingerprint density at radius 3 is 2.38 bits per heavy atom. The van der Waals surface area contributed by atoms with Gasteiger partial charge in [0, 0.05) is 0 Å². The summed E-state index contributed by atoms with van der Waals surface area (Å²) in [6, 6.07) is 3.59. The van der Waals surface area contributed by atoms with Gasteiger partial charge >= 0.3 is 0 Å². The number of rotatable bonds is 7. The summed E-state index contributed by atoms with van der Waals surface area (Å²) in [4.78, 5) is -0.268. The predicted molar refractivity (Wildman–Crippen MR) is 81.3 cm³/mol. The lowest BCUT2D eigenvalue weighted by Gasteiger charge is -2.11. The van der Waals surface area contributed by atoms with E-state index in [4.69, 9.17) is 21.5 Å². The van der Waals surface area contributed by atoms with Crippen LogP contribution in [0, 0.1) is 0 Å². The zero-order valence-electron chi connectivity index (χ0n) is 11.5. The number of sulfonamides is 2. The lowest BCUT2D eigenvalue weighted by Crippen LogP contribution is -2.21. The molecule has 120 valence electrons. The fourth-order valence-corrected chi connectivity index (χ4v) is 3.41. The third kappa shape index (κ3) is 6.18. The Morgan fingerprint density at radius 2 is 1.90 bits per heavy atom. The molecule has 0 saturated heterocycles. The minimum absolute atomic E-state index is 0.0516. The molecule has 0 fully saturated rings. The van der Waals surface area contributed by atoms with Crippen molar-refractivity contribution in [3.63, 3.8) is 0 Å². The van der Waals surface area contributed by atoms with Crippen LogP contribution >= 0.6 is 11.6 Å². The zero-order valence-corrected chi connectivity index (χ0v) is 13.9. The summed E-state index contributed by atoms with van der Waals surface area (Å²) in [5.74, 6) is -0.222. The summed E-state index contributed by atoms with van der Waals surface area (Å²) in [6.45, 7) is 3.65. The number of hydrogen-bond acceptors (Lipinski definition) is 5. The van der Waals surface area contributed by atoms with Crippen LogP contribution < -0.4 is 9.86 Å². The van der Waals surface area contributed by atoms with Crippen molar-refractivity contribution in [2.24, 2.45) is 5.14 Å². The highest BCUT2D eigenvalue weighted by molar-refractivity contribution is 7.92. The zero-order chi connectivity index (χ0) is 16.3. The van der Waals surface area contributed by atoms with E-state index in [1.54, 1.807) is 13.8 Å². The lowest BCUT2D eigenvalue weighted by atomic mass is 10.3. The molecule has 1 aromatic carbocycles. The van der Waals surface area contributed by atoms with Crippen LogP contribution in [0.25, 0.3) is 0 Å². The molecule has 3 N–H and O–H groups in total. The normalized spacial score (nSPS) is 12.6. The largest absolute Gasteiger partial charge is 0.378 e. The van der Waals surface area contributed by atoms with Gasteiger partial charge in [-0.1, -0.05) is 11.6 Å². The van der Waals surface area contributed by atoms with Gasteiger partial charge in [-0.3, -0.25) is 4.72 Å². The highest BCUT2D eigenvalue weighted by atomic mass is 35.5. The van der Waals surface area contributed by atoms with Crippen molar-refractivity contribution in [3.05, 3.63) is 23.2 Å². The minimum Gasteiger partial charge on any atom is -0.378 e. The Bertz CT molecular complexity index is 701. The molecule has 0 aromatic heterocycles. The molecule has 0 bridgehead atoms. The van der Waals surface area contributed by atoms with Crippen LogP contribution in [0.3, 0.4) is 0 Å². The van der Waals surface area contributed by atoms with E-state index in [-0.39, 0.29) is 34.1 Å². The van der Waals surface area contributed by atoms with Gasteiger partial charge < -0.3 is 4.74 Å². The van der Waals surface area contributed by atoms with Gasteiger partial charge in [-0.25, -0.2) is 22.0 Å². The Morgan fingerprint density at radius 1 is 1.29 bits per heavy atom. The second-order valence-corrected chi connectivity index (χ2v) is 8.31. The van der Waals surface area contributed by atoms with Gasteiger partial charge in [0.2, 0.25) is 20.0 Å². The number of primary sulfonamides is 1. The smallest absolute Gasteiger partial charge is 0.239 e. The average molecular weight is 357 g/mol. The first-order valence-corrected chi connectivity index (χ1v) is 9.53. The van der Waals surface area contributed by atoms with Crippen LogP contribution in [0.5, 0.6) is 0 Å². The first-order chi connectivity index (χ1) is 9.51. The molecule has 0 unspecified atom stereocenters. The number of benzene rings is 1. The van der Waals surface area contributed by atoms with Crippen LogP contribution in [0.2, 0.25) is 5.02 Å².